The summed E-state index contributed by atoms with van der Waals surface area (Å²) in [5, 5.41) is 13.1. The van der Waals surface area contributed by atoms with Crippen LogP contribution in [-0.2, 0) is 7.05 Å². The molecule has 2 heterocycles. The van der Waals surface area contributed by atoms with Crippen molar-refractivity contribution in [1.82, 2.24) is 9.78 Å². The van der Waals surface area contributed by atoms with E-state index in [0.717, 1.165) is 19.5 Å². The lowest BCUT2D eigenvalue weighted by Crippen LogP contribution is -2.19. The minimum atomic E-state index is 0.302. The lowest BCUT2D eigenvalue weighted by Gasteiger charge is -2.15. The molecule has 1 aliphatic heterocycles. The third kappa shape index (κ3) is 1.67. The van der Waals surface area contributed by atoms with Gasteiger partial charge in [0, 0.05) is 38.9 Å². The molecule has 1 fully saturated rings. The van der Waals surface area contributed by atoms with Gasteiger partial charge in [0.15, 0.2) is 0 Å². The van der Waals surface area contributed by atoms with Gasteiger partial charge in [-0.3, -0.25) is 4.68 Å². The quantitative estimate of drug-likeness (QED) is 0.710. The summed E-state index contributed by atoms with van der Waals surface area (Å²) in [6.45, 7) is 2.30. The van der Waals surface area contributed by atoms with Crippen LogP contribution in [-0.4, -0.2) is 34.6 Å². The number of hydrogen-bond donors (Lipinski definition) is 1. The molecule has 0 aliphatic carbocycles. The maximum absolute atomic E-state index is 8.99. The van der Waals surface area contributed by atoms with Gasteiger partial charge in [0.1, 0.15) is 0 Å². The number of aryl methyl sites for hydroxylation is 1. The summed E-state index contributed by atoms with van der Waals surface area (Å²) >= 11 is 0. The first-order valence-electron chi connectivity index (χ1n) is 4.64. The van der Waals surface area contributed by atoms with Gasteiger partial charge in [-0.15, -0.1) is 0 Å². The van der Waals surface area contributed by atoms with Crippen LogP contribution in [0.15, 0.2) is 12.4 Å². The number of aliphatic hydroxyl groups is 1. The molecule has 1 aromatic heterocycles. The fraction of sp³-hybridized carbons (Fsp3) is 0.667. The van der Waals surface area contributed by atoms with Gasteiger partial charge < -0.3 is 10.0 Å². The van der Waals surface area contributed by atoms with Crippen molar-refractivity contribution in [2.24, 2.45) is 13.0 Å². The Balaban J connectivity index is 2.03. The first-order chi connectivity index (χ1) is 6.29. The van der Waals surface area contributed by atoms with Crippen LogP contribution in [0.2, 0.25) is 0 Å². The molecule has 0 bridgehead atoms. The fourth-order valence-electron chi connectivity index (χ4n) is 1.79. The van der Waals surface area contributed by atoms with E-state index in [4.69, 9.17) is 5.11 Å². The number of hydrogen-bond acceptors (Lipinski definition) is 3. The predicted molar refractivity (Wildman–Crippen MR) is 50.6 cm³/mol. The van der Waals surface area contributed by atoms with Crippen molar-refractivity contribution in [3.05, 3.63) is 12.4 Å². The van der Waals surface area contributed by atoms with Crippen molar-refractivity contribution >= 4 is 5.69 Å². The highest BCUT2D eigenvalue weighted by atomic mass is 16.3. The zero-order valence-electron chi connectivity index (χ0n) is 7.85. The Kier molecular flexibility index (Phi) is 2.22. The molecule has 4 nitrogen and oxygen atoms in total. The molecule has 0 aromatic carbocycles. The Labute approximate surface area is 77.8 Å². The van der Waals surface area contributed by atoms with Gasteiger partial charge in [0.25, 0.3) is 0 Å². The molecule has 1 saturated heterocycles. The summed E-state index contributed by atoms with van der Waals surface area (Å²) < 4.78 is 1.81. The lowest BCUT2D eigenvalue weighted by molar-refractivity contribution is 0.238. The molecule has 0 radical (unpaired) electrons. The summed E-state index contributed by atoms with van der Waals surface area (Å²) in [5.74, 6) is 0.445. The minimum absolute atomic E-state index is 0.302. The molecule has 1 aliphatic rings. The van der Waals surface area contributed by atoms with Crippen LogP contribution in [0.4, 0.5) is 5.69 Å². The van der Waals surface area contributed by atoms with Crippen LogP contribution in [0.25, 0.3) is 0 Å². The van der Waals surface area contributed by atoms with Crippen LogP contribution < -0.4 is 4.90 Å². The Bertz CT molecular complexity index is 284. The van der Waals surface area contributed by atoms with E-state index in [1.165, 1.54) is 5.69 Å². The summed E-state index contributed by atoms with van der Waals surface area (Å²) in [7, 11) is 1.92. The maximum atomic E-state index is 8.99. The Morgan fingerprint density at radius 2 is 2.54 bits per heavy atom. The second-order valence-corrected chi connectivity index (χ2v) is 3.66. The molecule has 0 spiro atoms. The van der Waals surface area contributed by atoms with E-state index in [1.54, 1.807) is 0 Å². The summed E-state index contributed by atoms with van der Waals surface area (Å²) in [6.07, 6.45) is 4.98. The summed E-state index contributed by atoms with van der Waals surface area (Å²) in [5.41, 5.74) is 1.17. The van der Waals surface area contributed by atoms with E-state index in [0.29, 0.717) is 12.5 Å². The number of rotatable bonds is 2. The monoisotopic (exact) mass is 181 g/mol. The van der Waals surface area contributed by atoms with Crippen molar-refractivity contribution in [2.75, 3.05) is 24.6 Å². The molecule has 2 rings (SSSR count). The SMILES string of the molecule is Cn1cc(N2CC[C@H](CO)C2)cn1. The minimum Gasteiger partial charge on any atom is -0.396 e. The van der Waals surface area contributed by atoms with E-state index in [1.807, 2.05) is 24.1 Å². The van der Waals surface area contributed by atoms with Crippen LogP contribution in [0.1, 0.15) is 6.42 Å². The Morgan fingerprint density at radius 1 is 1.69 bits per heavy atom. The zero-order chi connectivity index (χ0) is 9.26. The van der Waals surface area contributed by atoms with Crippen molar-refractivity contribution in [2.45, 2.75) is 6.42 Å². The molecule has 0 saturated carbocycles. The molecule has 0 amide bonds. The molecule has 1 atom stereocenters. The van der Waals surface area contributed by atoms with E-state index >= 15 is 0 Å². The Hall–Kier alpha value is -1.03. The lowest BCUT2D eigenvalue weighted by atomic mass is 10.1. The second kappa shape index (κ2) is 3.38. The molecule has 4 heteroatoms. The first-order valence-corrected chi connectivity index (χ1v) is 4.64. The maximum Gasteiger partial charge on any atom is 0.0752 e. The van der Waals surface area contributed by atoms with Crippen LogP contribution >= 0.6 is 0 Å². The largest absolute Gasteiger partial charge is 0.396 e. The predicted octanol–water partition coefficient (Wildman–Crippen LogP) is 0.239. The molecule has 0 unspecified atom stereocenters. The van der Waals surface area contributed by atoms with E-state index in [-0.39, 0.29) is 0 Å². The summed E-state index contributed by atoms with van der Waals surface area (Å²) in [6, 6.07) is 0. The van der Waals surface area contributed by atoms with Gasteiger partial charge in [0.2, 0.25) is 0 Å². The second-order valence-electron chi connectivity index (χ2n) is 3.66. The van der Waals surface area contributed by atoms with Crippen molar-refractivity contribution in [3.8, 4) is 0 Å². The third-order valence-electron chi connectivity index (χ3n) is 2.60. The highest BCUT2D eigenvalue weighted by Gasteiger charge is 2.22. The highest BCUT2D eigenvalue weighted by molar-refractivity contribution is 5.43. The smallest absolute Gasteiger partial charge is 0.0752 e. The number of aromatic nitrogens is 2. The molecular formula is C9H15N3O. The van der Waals surface area contributed by atoms with Crippen molar-refractivity contribution < 1.29 is 5.11 Å². The van der Waals surface area contributed by atoms with Gasteiger partial charge >= 0.3 is 0 Å². The van der Waals surface area contributed by atoms with Crippen molar-refractivity contribution in [3.63, 3.8) is 0 Å². The number of anilines is 1. The van der Waals surface area contributed by atoms with Gasteiger partial charge in [0.05, 0.1) is 11.9 Å². The van der Waals surface area contributed by atoms with Crippen LogP contribution in [0.5, 0.6) is 0 Å². The Morgan fingerprint density at radius 3 is 3.08 bits per heavy atom. The van der Waals surface area contributed by atoms with Crippen LogP contribution in [0.3, 0.4) is 0 Å². The topological polar surface area (TPSA) is 41.3 Å². The normalized spacial score (nSPS) is 22.6. The van der Waals surface area contributed by atoms with E-state index in [2.05, 4.69) is 10.00 Å². The molecule has 1 aromatic rings. The van der Waals surface area contributed by atoms with E-state index in [9.17, 15) is 0 Å². The number of aliphatic hydroxyl groups excluding tert-OH is 1. The molecule has 1 N–H and O–H groups in total. The molecular weight excluding hydrogens is 166 g/mol. The van der Waals surface area contributed by atoms with Crippen LogP contribution in [0, 0.1) is 5.92 Å². The van der Waals surface area contributed by atoms with Gasteiger partial charge in [-0.05, 0) is 6.42 Å². The van der Waals surface area contributed by atoms with Gasteiger partial charge in [-0.25, -0.2) is 0 Å². The molecule has 72 valence electrons. The third-order valence-corrected chi connectivity index (χ3v) is 2.60. The standard InChI is InChI=1S/C9H15N3O/c1-11-6-9(4-10-11)12-3-2-8(5-12)7-13/h4,6,8,13H,2-3,5,7H2,1H3/t8-/m0/s1. The average Bonchev–Trinajstić information content (AvgIpc) is 2.71. The highest BCUT2D eigenvalue weighted by Crippen LogP contribution is 2.22. The van der Waals surface area contributed by atoms with Gasteiger partial charge in [-0.2, -0.15) is 5.10 Å². The number of nitrogens with zero attached hydrogens (tertiary/aromatic N) is 3. The molecule has 13 heavy (non-hydrogen) atoms. The first kappa shape index (κ1) is 8.56. The zero-order valence-corrected chi connectivity index (χ0v) is 7.85. The fourth-order valence-corrected chi connectivity index (χ4v) is 1.79. The average molecular weight is 181 g/mol. The summed E-state index contributed by atoms with van der Waals surface area (Å²) in [4.78, 5) is 2.27. The van der Waals surface area contributed by atoms with Crippen molar-refractivity contribution in [1.29, 1.82) is 0 Å². The van der Waals surface area contributed by atoms with E-state index < -0.39 is 0 Å². The van der Waals surface area contributed by atoms with Gasteiger partial charge in [-0.1, -0.05) is 0 Å².